The topological polar surface area (TPSA) is 77.1 Å². The zero-order valence-electron chi connectivity index (χ0n) is 24.4. The number of urea groups is 1. The van der Waals surface area contributed by atoms with E-state index in [0.717, 1.165) is 24.7 Å². The number of amides is 2. The zero-order valence-corrected chi connectivity index (χ0v) is 24.4. The van der Waals surface area contributed by atoms with Gasteiger partial charge in [-0.05, 0) is 69.7 Å². The minimum absolute atomic E-state index is 0.265. The molecular formula is C31H42F2N2O5. The first-order chi connectivity index (χ1) is 19.0. The van der Waals surface area contributed by atoms with E-state index in [1.807, 2.05) is 58.0 Å². The fourth-order valence-corrected chi connectivity index (χ4v) is 5.29. The molecule has 0 radical (unpaired) electrons. The molecule has 2 amide bonds. The molecule has 1 aliphatic rings. The minimum atomic E-state index is -3.04. The van der Waals surface area contributed by atoms with Crippen LogP contribution in [-0.2, 0) is 9.53 Å². The Morgan fingerprint density at radius 3 is 2.08 bits per heavy atom. The molecule has 1 aliphatic carbocycles. The fourth-order valence-electron chi connectivity index (χ4n) is 5.29. The highest BCUT2D eigenvalue weighted by atomic mass is 19.3. The van der Waals surface area contributed by atoms with Gasteiger partial charge in [-0.25, -0.2) is 18.4 Å². The molecule has 1 N–H and O–H groups in total. The number of rotatable bonds is 13. The number of carbonyl (C=O) groups excluding carboxylic acids is 2. The van der Waals surface area contributed by atoms with Crippen LogP contribution in [0.2, 0.25) is 0 Å². The third kappa shape index (κ3) is 7.23. The molecule has 0 bridgehead atoms. The first-order valence-electron chi connectivity index (χ1n) is 14.0. The average molecular weight is 561 g/mol. The molecule has 0 saturated heterocycles. The van der Waals surface area contributed by atoms with Gasteiger partial charge in [0.05, 0.1) is 26.4 Å². The van der Waals surface area contributed by atoms with E-state index >= 15 is 0 Å². The van der Waals surface area contributed by atoms with Crippen LogP contribution in [0, 0.1) is 6.92 Å². The Balaban J connectivity index is 1.89. The summed E-state index contributed by atoms with van der Waals surface area (Å²) < 4.78 is 44.4. The second kappa shape index (κ2) is 13.3. The van der Waals surface area contributed by atoms with Gasteiger partial charge < -0.3 is 24.4 Å². The van der Waals surface area contributed by atoms with Crippen molar-refractivity contribution in [1.29, 1.82) is 0 Å². The summed E-state index contributed by atoms with van der Waals surface area (Å²) in [5.74, 6) is -2.35. The zero-order chi connectivity index (χ0) is 29.5. The van der Waals surface area contributed by atoms with Gasteiger partial charge in [-0.2, -0.15) is 0 Å². The quantitative estimate of drug-likeness (QED) is 0.273. The number of methoxy groups -OCH3 is 1. The third-order valence-electron chi connectivity index (χ3n) is 7.59. The highest BCUT2D eigenvalue weighted by molar-refractivity contribution is 5.89. The van der Waals surface area contributed by atoms with E-state index in [1.54, 1.807) is 4.90 Å². The number of hydrogen-bond acceptors (Lipinski definition) is 5. The van der Waals surface area contributed by atoms with E-state index in [1.165, 1.54) is 5.56 Å². The molecule has 0 heterocycles. The summed E-state index contributed by atoms with van der Waals surface area (Å²) in [6.45, 7) is 11.0. The van der Waals surface area contributed by atoms with Crippen molar-refractivity contribution in [2.45, 2.75) is 83.7 Å². The Bertz CT molecular complexity index is 1120. The Kier molecular flexibility index (Phi) is 10.4. The SMILES string of the molecule is CCOc1cc(C(C)N(CCCC(C)c2ccccc2)C(=O)NC2(C(=O)OC)CC(F)(F)C2)cc(OCC)c1C. The maximum atomic E-state index is 13.9. The monoisotopic (exact) mass is 560 g/mol. The van der Waals surface area contributed by atoms with E-state index in [4.69, 9.17) is 14.2 Å². The number of alkyl halides is 2. The largest absolute Gasteiger partial charge is 0.493 e. The lowest BCUT2D eigenvalue weighted by atomic mass is 9.73. The molecule has 0 aromatic heterocycles. The molecule has 40 heavy (non-hydrogen) atoms. The summed E-state index contributed by atoms with van der Waals surface area (Å²) in [6.07, 6.45) is -0.112. The standard InChI is InChI=1S/C31H42F2N2O5/c1-7-39-26-17-25(18-27(22(26)4)40-8-2)23(5)35(16-12-13-21(3)24-14-10-9-11-15-24)29(37)34-30(28(36)38-6)19-31(32,33)20-30/h9-11,14-15,17-18,21,23H,7-8,12-13,16,19-20H2,1-6H3,(H,34,37). The number of nitrogens with zero attached hydrogens (tertiary/aromatic N) is 1. The van der Waals surface area contributed by atoms with Crippen LogP contribution in [0.4, 0.5) is 13.6 Å². The number of carbonyl (C=O) groups is 2. The molecule has 0 aliphatic heterocycles. The summed E-state index contributed by atoms with van der Waals surface area (Å²) >= 11 is 0. The number of nitrogens with one attached hydrogen (secondary N) is 1. The molecule has 7 nitrogen and oxygen atoms in total. The molecule has 1 saturated carbocycles. The van der Waals surface area contributed by atoms with Gasteiger partial charge in [-0.1, -0.05) is 37.3 Å². The molecule has 3 rings (SSSR count). The van der Waals surface area contributed by atoms with Gasteiger partial charge in [0.15, 0.2) is 5.54 Å². The van der Waals surface area contributed by atoms with E-state index in [-0.39, 0.29) is 5.92 Å². The Hall–Kier alpha value is -3.36. The summed E-state index contributed by atoms with van der Waals surface area (Å²) in [4.78, 5) is 27.8. The number of benzene rings is 2. The molecule has 2 aromatic carbocycles. The fraction of sp³-hybridized carbons (Fsp3) is 0.548. The van der Waals surface area contributed by atoms with Gasteiger partial charge in [-0.3, -0.25) is 0 Å². The van der Waals surface area contributed by atoms with Crippen LogP contribution >= 0.6 is 0 Å². The minimum Gasteiger partial charge on any atom is -0.493 e. The second-order valence-corrected chi connectivity index (χ2v) is 10.5. The number of ether oxygens (including phenoxy) is 3. The number of halogens is 2. The number of hydrogen-bond donors (Lipinski definition) is 1. The first-order valence-corrected chi connectivity index (χ1v) is 14.0. The van der Waals surface area contributed by atoms with Gasteiger partial charge in [0.1, 0.15) is 11.5 Å². The highest BCUT2D eigenvalue weighted by Crippen LogP contribution is 2.46. The predicted octanol–water partition coefficient (Wildman–Crippen LogP) is 6.79. The molecule has 1 fully saturated rings. The average Bonchev–Trinajstić information content (AvgIpc) is 2.91. The van der Waals surface area contributed by atoms with Crippen molar-refractivity contribution in [1.82, 2.24) is 10.2 Å². The van der Waals surface area contributed by atoms with E-state index in [2.05, 4.69) is 24.4 Å². The lowest BCUT2D eigenvalue weighted by Gasteiger charge is -2.46. The van der Waals surface area contributed by atoms with Crippen LogP contribution in [0.5, 0.6) is 11.5 Å². The predicted molar refractivity (Wildman–Crippen MR) is 150 cm³/mol. The van der Waals surface area contributed by atoms with Crippen LogP contribution < -0.4 is 14.8 Å². The van der Waals surface area contributed by atoms with Crippen molar-refractivity contribution in [2.75, 3.05) is 26.9 Å². The molecule has 2 atom stereocenters. The third-order valence-corrected chi connectivity index (χ3v) is 7.59. The van der Waals surface area contributed by atoms with Crippen LogP contribution in [0.3, 0.4) is 0 Å². The molecule has 220 valence electrons. The van der Waals surface area contributed by atoms with Crippen molar-refractivity contribution >= 4 is 12.0 Å². The maximum absolute atomic E-state index is 13.9. The van der Waals surface area contributed by atoms with Crippen molar-refractivity contribution in [2.24, 2.45) is 0 Å². The van der Waals surface area contributed by atoms with Crippen LogP contribution in [-0.4, -0.2) is 55.2 Å². The highest BCUT2D eigenvalue weighted by Gasteiger charge is 2.63. The van der Waals surface area contributed by atoms with Crippen molar-refractivity contribution < 1.29 is 32.6 Å². The number of esters is 1. The Morgan fingerprint density at radius 2 is 1.57 bits per heavy atom. The molecule has 9 heteroatoms. The van der Waals surface area contributed by atoms with Gasteiger partial charge >= 0.3 is 12.0 Å². The Labute approximate surface area is 236 Å². The normalized spacial score (nSPS) is 16.7. The molecule has 0 spiro atoms. The smallest absolute Gasteiger partial charge is 0.332 e. The van der Waals surface area contributed by atoms with Gasteiger partial charge in [-0.15, -0.1) is 0 Å². The van der Waals surface area contributed by atoms with Crippen molar-refractivity contribution in [3.8, 4) is 11.5 Å². The lowest BCUT2D eigenvalue weighted by molar-refractivity contribution is -0.178. The van der Waals surface area contributed by atoms with E-state index in [9.17, 15) is 18.4 Å². The maximum Gasteiger partial charge on any atom is 0.332 e. The summed E-state index contributed by atoms with van der Waals surface area (Å²) in [7, 11) is 1.13. The van der Waals surface area contributed by atoms with Crippen molar-refractivity contribution in [3.05, 3.63) is 59.2 Å². The van der Waals surface area contributed by atoms with Crippen molar-refractivity contribution in [3.63, 3.8) is 0 Å². The molecule has 2 unspecified atom stereocenters. The molecule has 2 aromatic rings. The van der Waals surface area contributed by atoms with Gasteiger partial charge in [0.2, 0.25) is 0 Å². The van der Waals surface area contributed by atoms with Crippen LogP contribution in [0.1, 0.15) is 82.0 Å². The van der Waals surface area contributed by atoms with E-state index in [0.29, 0.717) is 37.7 Å². The summed E-state index contributed by atoms with van der Waals surface area (Å²) in [5, 5.41) is 2.62. The summed E-state index contributed by atoms with van der Waals surface area (Å²) in [5.41, 5.74) is 1.07. The summed E-state index contributed by atoms with van der Waals surface area (Å²) in [6, 6.07) is 12.8. The lowest BCUT2D eigenvalue weighted by Crippen LogP contribution is -2.68. The van der Waals surface area contributed by atoms with E-state index < -0.39 is 42.3 Å². The van der Waals surface area contributed by atoms with Crippen LogP contribution in [0.15, 0.2) is 42.5 Å². The van der Waals surface area contributed by atoms with Gasteiger partial charge in [0, 0.05) is 24.9 Å². The molecular weight excluding hydrogens is 518 g/mol. The van der Waals surface area contributed by atoms with Gasteiger partial charge in [0.25, 0.3) is 5.92 Å². The van der Waals surface area contributed by atoms with Crippen LogP contribution in [0.25, 0.3) is 0 Å². The second-order valence-electron chi connectivity index (χ2n) is 10.5. The Morgan fingerprint density at radius 1 is 1.00 bits per heavy atom. The first kappa shape index (κ1) is 31.2.